The Balaban J connectivity index is 3.74. The first-order valence-electron chi connectivity index (χ1n) is 2.70. The van der Waals surface area contributed by atoms with E-state index in [4.69, 9.17) is 5.11 Å². The number of rotatable bonds is 2. The monoisotopic (exact) mass is 130 g/mol. The molecule has 0 fully saturated rings. The summed E-state index contributed by atoms with van der Waals surface area (Å²) in [7, 11) is 0. The van der Waals surface area contributed by atoms with Crippen molar-refractivity contribution in [1.82, 2.24) is 0 Å². The summed E-state index contributed by atoms with van der Waals surface area (Å²) in [5.74, 6) is -0.472. The van der Waals surface area contributed by atoms with E-state index in [9.17, 15) is 4.79 Å². The molecule has 0 atom stereocenters. The van der Waals surface area contributed by atoms with E-state index in [1.165, 1.54) is 6.92 Å². The molecule has 0 aromatic rings. The van der Waals surface area contributed by atoms with E-state index in [-0.39, 0.29) is 5.57 Å². The average molecular weight is 130 g/mol. The molecule has 0 spiro atoms. The molecule has 1 N–H and O–H groups in total. The Labute approximate surface area is 53.9 Å². The lowest BCUT2D eigenvalue weighted by Gasteiger charge is -1.97. The molecule has 0 aromatic carbocycles. The van der Waals surface area contributed by atoms with Crippen LogP contribution in [0.1, 0.15) is 13.8 Å². The predicted molar refractivity (Wildman–Crippen MR) is 33.0 cm³/mol. The molecule has 0 aromatic heterocycles. The smallest absolute Gasteiger partial charge is 0.336 e. The lowest BCUT2D eigenvalue weighted by molar-refractivity contribution is -0.138. The minimum atomic E-state index is -0.472. The highest BCUT2D eigenvalue weighted by Gasteiger charge is 2.01. The summed E-state index contributed by atoms with van der Waals surface area (Å²) in [5.41, 5.74) is 0.219. The fourth-order valence-corrected chi connectivity index (χ4v) is 0.298. The maximum absolute atomic E-state index is 10.5. The summed E-state index contributed by atoms with van der Waals surface area (Å²) in [6.45, 7) is 3.53. The number of hydrogen-bond donors (Lipinski definition) is 1. The van der Waals surface area contributed by atoms with Crippen molar-refractivity contribution in [2.24, 2.45) is 0 Å². The van der Waals surface area contributed by atoms with Gasteiger partial charge in [0.2, 0.25) is 0 Å². The van der Waals surface area contributed by atoms with Gasteiger partial charge in [0, 0.05) is 0 Å². The Bertz CT molecular complexity index is 126. The average Bonchev–Trinajstić information content (AvgIpc) is 1.87. The van der Waals surface area contributed by atoms with Gasteiger partial charge in [0.25, 0.3) is 0 Å². The van der Waals surface area contributed by atoms with Crippen LogP contribution in [0.25, 0.3) is 0 Å². The molecular formula is C6H10O3. The molecule has 0 unspecified atom stereocenters. The van der Waals surface area contributed by atoms with Crippen molar-refractivity contribution in [1.29, 1.82) is 0 Å². The van der Waals surface area contributed by atoms with Gasteiger partial charge < -0.3 is 9.84 Å². The van der Waals surface area contributed by atoms with Crippen LogP contribution in [0.3, 0.4) is 0 Å². The lowest BCUT2D eigenvalue weighted by atomic mass is 10.3. The Hall–Kier alpha value is -0.990. The van der Waals surface area contributed by atoms with Crippen LogP contribution in [0.4, 0.5) is 0 Å². The maximum Gasteiger partial charge on any atom is 0.336 e. The van der Waals surface area contributed by atoms with E-state index < -0.39 is 5.97 Å². The first-order chi connectivity index (χ1) is 4.22. The molecule has 0 aliphatic carbocycles. The molecule has 9 heavy (non-hydrogen) atoms. The topological polar surface area (TPSA) is 46.5 Å². The highest BCUT2D eigenvalue weighted by molar-refractivity contribution is 5.87. The molecule has 0 heterocycles. The molecule has 0 saturated carbocycles. The van der Waals surface area contributed by atoms with Gasteiger partial charge in [-0.15, -0.1) is 0 Å². The van der Waals surface area contributed by atoms with Crippen LogP contribution in [-0.2, 0) is 9.53 Å². The zero-order valence-electron chi connectivity index (χ0n) is 5.55. The van der Waals surface area contributed by atoms with E-state index in [1.54, 1.807) is 6.92 Å². The van der Waals surface area contributed by atoms with Crippen LogP contribution >= 0.6 is 0 Å². The Morgan fingerprint density at radius 1 is 1.78 bits per heavy atom. The molecule has 3 nitrogen and oxygen atoms in total. The number of carbonyl (C=O) groups is 1. The van der Waals surface area contributed by atoms with Crippen LogP contribution < -0.4 is 0 Å². The van der Waals surface area contributed by atoms with E-state index in [2.05, 4.69) is 4.74 Å². The van der Waals surface area contributed by atoms with Crippen LogP contribution in [0, 0.1) is 0 Å². The standard InChI is InChI=1S/C6H10O3/c1-3-9-6(8)5(2)4-7/h4,7H,3H2,1-2H3/b5-4+. The lowest BCUT2D eigenvalue weighted by Crippen LogP contribution is -2.04. The van der Waals surface area contributed by atoms with Crippen LogP contribution in [-0.4, -0.2) is 17.7 Å². The van der Waals surface area contributed by atoms with Gasteiger partial charge in [-0.2, -0.15) is 0 Å². The third kappa shape index (κ3) is 2.74. The number of aliphatic hydroxyl groups is 1. The van der Waals surface area contributed by atoms with Crippen molar-refractivity contribution < 1.29 is 14.6 Å². The Morgan fingerprint density at radius 2 is 2.33 bits per heavy atom. The summed E-state index contributed by atoms with van der Waals surface area (Å²) in [6, 6.07) is 0. The summed E-state index contributed by atoms with van der Waals surface area (Å²) in [4.78, 5) is 10.5. The molecule has 0 rings (SSSR count). The van der Waals surface area contributed by atoms with Gasteiger partial charge in [-0.1, -0.05) is 0 Å². The molecule has 0 bridgehead atoms. The minimum Gasteiger partial charge on any atom is -0.515 e. The van der Waals surface area contributed by atoms with Gasteiger partial charge in [-0.05, 0) is 13.8 Å². The van der Waals surface area contributed by atoms with E-state index in [0.717, 1.165) is 6.26 Å². The molecule has 0 amide bonds. The largest absolute Gasteiger partial charge is 0.515 e. The fraction of sp³-hybridized carbons (Fsp3) is 0.500. The maximum atomic E-state index is 10.5. The van der Waals surface area contributed by atoms with Crippen molar-refractivity contribution in [3.05, 3.63) is 11.8 Å². The van der Waals surface area contributed by atoms with E-state index in [1.807, 2.05) is 0 Å². The molecule has 3 heteroatoms. The van der Waals surface area contributed by atoms with Crippen molar-refractivity contribution in [2.45, 2.75) is 13.8 Å². The van der Waals surface area contributed by atoms with Crippen molar-refractivity contribution in [3.63, 3.8) is 0 Å². The quantitative estimate of drug-likeness (QED) is 0.344. The fourth-order valence-electron chi connectivity index (χ4n) is 0.298. The van der Waals surface area contributed by atoms with Gasteiger partial charge in [0.05, 0.1) is 18.4 Å². The molecule has 0 aliphatic rings. The van der Waals surface area contributed by atoms with Crippen molar-refractivity contribution in [3.8, 4) is 0 Å². The second-order valence-electron chi connectivity index (χ2n) is 1.53. The summed E-state index contributed by atoms with van der Waals surface area (Å²) in [6.07, 6.45) is 0.734. The minimum absolute atomic E-state index is 0.219. The number of aliphatic hydroxyl groups excluding tert-OH is 1. The van der Waals surface area contributed by atoms with Gasteiger partial charge in [0.1, 0.15) is 0 Å². The van der Waals surface area contributed by atoms with Gasteiger partial charge >= 0.3 is 5.97 Å². The number of ether oxygens (including phenoxy) is 1. The van der Waals surface area contributed by atoms with Crippen LogP contribution in [0.15, 0.2) is 11.8 Å². The summed E-state index contributed by atoms with van der Waals surface area (Å²) < 4.78 is 4.53. The van der Waals surface area contributed by atoms with Gasteiger partial charge in [0.15, 0.2) is 0 Å². The van der Waals surface area contributed by atoms with Crippen LogP contribution in [0.2, 0.25) is 0 Å². The second-order valence-corrected chi connectivity index (χ2v) is 1.53. The Morgan fingerprint density at radius 3 is 2.67 bits per heavy atom. The highest BCUT2D eigenvalue weighted by atomic mass is 16.5. The predicted octanol–water partition coefficient (Wildman–Crippen LogP) is 1.01. The van der Waals surface area contributed by atoms with Crippen molar-refractivity contribution >= 4 is 5.97 Å². The van der Waals surface area contributed by atoms with Gasteiger partial charge in [-0.3, -0.25) is 0 Å². The highest BCUT2D eigenvalue weighted by Crippen LogP contribution is 1.92. The second kappa shape index (κ2) is 3.95. The molecule has 52 valence electrons. The molecule has 0 radical (unpaired) electrons. The van der Waals surface area contributed by atoms with E-state index in [0.29, 0.717) is 6.61 Å². The summed E-state index contributed by atoms with van der Waals surface area (Å²) >= 11 is 0. The zero-order chi connectivity index (χ0) is 7.28. The first-order valence-corrected chi connectivity index (χ1v) is 2.70. The summed E-state index contributed by atoms with van der Waals surface area (Å²) in [5, 5.41) is 8.27. The molecular weight excluding hydrogens is 120 g/mol. The zero-order valence-corrected chi connectivity index (χ0v) is 5.55. The SMILES string of the molecule is CCOC(=O)/C(C)=C/O. The molecule has 0 saturated heterocycles. The Kier molecular flexibility index (Phi) is 3.51. The first kappa shape index (κ1) is 8.01. The van der Waals surface area contributed by atoms with Gasteiger partial charge in [-0.25, -0.2) is 4.79 Å². The van der Waals surface area contributed by atoms with E-state index >= 15 is 0 Å². The third-order valence-corrected chi connectivity index (χ3v) is 0.791. The van der Waals surface area contributed by atoms with Crippen LogP contribution in [0.5, 0.6) is 0 Å². The number of esters is 1. The number of hydrogen-bond acceptors (Lipinski definition) is 3. The van der Waals surface area contributed by atoms with Crippen molar-refractivity contribution in [2.75, 3.05) is 6.61 Å². The third-order valence-electron chi connectivity index (χ3n) is 0.791. The number of carbonyl (C=O) groups excluding carboxylic acids is 1. The normalized spacial score (nSPS) is 11.1. The molecule has 0 aliphatic heterocycles.